The maximum Gasteiger partial charge on any atom is 0.279 e. The number of halogens is 1. The number of hydrogen-bond donors (Lipinski definition) is 2. The van der Waals surface area contributed by atoms with E-state index in [1.807, 2.05) is 55.5 Å². The Morgan fingerprint density at radius 1 is 1.16 bits per heavy atom. The molecule has 128 valence electrons. The van der Waals surface area contributed by atoms with Crippen molar-refractivity contribution in [2.45, 2.75) is 20.0 Å². The van der Waals surface area contributed by atoms with Crippen LogP contribution in [0.2, 0.25) is 5.02 Å². The van der Waals surface area contributed by atoms with Crippen LogP contribution in [0.4, 0.5) is 11.5 Å². The number of rotatable bonds is 5. The van der Waals surface area contributed by atoms with Crippen LogP contribution in [0.25, 0.3) is 0 Å². The van der Waals surface area contributed by atoms with Gasteiger partial charge in [0.05, 0.1) is 6.54 Å². The summed E-state index contributed by atoms with van der Waals surface area (Å²) in [6.45, 7) is 2.97. The van der Waals surface area contributed by atoms with Crippen molar-refractivity contribution >= 4 is 23.1 Å². The van der Waals surface area contributed by atoms with Crippen molar-refractivity contribution in [1.82, 2.24) is 9.55 Å². The van der Waals surface area contributed by atoms with Crippen molar-refractivity contribution in [3.8, 4) is 0 Å². The second-order valence-corrected chi connectivity index (χ2v) is 6.35. The first-order chi connectivity index (χ1) is 12.0. The van der Waals surface area contributed by atoms with Gasteiger partial charge < -0.3 is 11.1 Å². The average Bonchev–Trinajstić information content (AvgIpc) is 2.60. The van der Waals surface area contributed by atoms with Crippen molar-refractivity contribution in [3.63, 3.8) is 0 Å². The van der Waals surface area contributed by atoms with Crippen molar-refractivity contribution in [3.05, 3.63) is 86.9 Å². The van der Waals surface area contributed by atoms with Gasteiger partial charge >= 0.3 is 0 Å². The molecule has 1 aromatic heterocycles. The van der Waals surface area contributed by atoms with Crippen LogP contribution in [0.15, 0.2) is 59.7 Å². The van der Waals surface area contributed by atoms with Crippen LogP contribution in [0, 0.1) is 6.92 Å². The van der Waals surface area contributed by atoms with Crippen LogP contribution in [0.1, 0.15) is 16.7 Å². The standard InChI is InChI=1S/C19H19ClN4O/c1-13-3-2-4-15(9-13)11-24-12-23-18(17(21)19(24)25)22-10-14-5-7-16(20)8-6-14/h2-9,12,22H,10-11,21H2,1H3. The minimum absolute atomic E-state index is 0.115. The molecule has 0 aliphatic carbocycles. The Balaban J connectivity index is 1.75. The molecule has 1 heterocycles. The van der Waals surface area contributed by atoms with E-state index < -0.39 is 0 Å². The molecular weight excluding hydrogens is 336 g/mol. The molecule has 25 heavy (non-hydrogen) atoms. The molecule has 0 unspecified atom stereocenters. The molecule has 5 nitrogen and oxygen atoms in total. The normalized spacial score (nSPS) is 10.6. The van der Waals surface area contributed by atoms with Crippen LogP contribution in [0.5, 0.6) is 0 Å². The third-order valence-electron chi connectivity index (χ3n) is 3.88. The number of nitrogens with one attached hydrogen (secondary N) is 1. The summed E-state index contributed by atoms with van der Waals surface area (Å²) in [5, 5.41) is 3.78. The predicted molar refractivity (Wildman–Crippen MR) is 102 cm³/mol. The molecule has 0 bridgehead atoms. The van der Waals surface area contributed by atoms with Gasteiger partial charge in [0, 0.05) is 11.6 Å². The molecule has 3 N–H and O–H groups in total. The summed E-state index contributed by atoms with van der Waals surface area (Å²) in [7, 11) is 0. The minimum Gasteiger partial charge on any atom is -0.391 e. The number of benzene rings is 2. The number of anilines is 2. The molecule has 6 heteroatoms. The highest BCUT2D eigenvalue weighted by Crippen LogP contribution is 2.14. The summed E-state index contributed by atoms with van der Waals surface area (Å²) in [6.07, 6.45) is 1.52. The summed E-state index contributed by atoms with van der Waals surface area (Å²) in [5.74, 6) is 0.389. The fraction of sp³-hybridized carbons (Fsp3) is 0.158. The molecule has 0 fully saturated rings. The quantitative estimate of drug-likeness (QED) is 0.736. The Morgan fingerprint density at radius 3 is 2.64 bits per heavy atom. The molecule has 0 aliphatic heterocycles. The molecule has 0 saturated heterocycles. The Morgan fingerprint density at radius 2 is 1.92 bits per heavy atom. The SMILES string of the molecule is Cc1cccc(Cn2cnc(NCc3ccc(Cl)cc3)c(N)c2=O)c1. The fourth-order valence-corrected chi connectivity index (χ4v) is 2.68. The molecule has 2 aromatic carbocycles. The van der Waals surface area contributed by atoms with Crippen LogP contribution in [-0.4, -0.2) is 9.55 Å². The van der Waals surface area contributed by atoms with E-state index in [0.717, 1.165) is 16.7 Å². The highest BCUT2D eigenvalue weighted by atomic mass is 35.5. The first-order valence-electron chi connectivity index (χ1n) is 7.92. The van der Waals surface area contributed by atoms with E-state index in [0.29, 0.717) is 23.9 Å². The van der Waals surface area contributed by atoms with Crippen LogP contribution in [-0.2, 0) is 13.1 Å². The molecule has 3 aromatic rings. The topological polar surface area (TPSA) is 72.9 Å². The zero-order valence-corrected chi connectivity index (χ0v) is 14.6. The number of aryl methyl sites for hydroxylation is 1. The Kier molecular flexibility index (Phi) is 5.05. The summed E-state index contributed by atoms with van der Waals surface area (Å²) in [4.78, 5) is 16.8. The maximum absolute atomic E-state index is 12.5. The number of nitrogens with two attached hydrogens (primary N) is 1. The molecule has 0 saturated carbocycles. The van der Waals surface area contributed by atoms with E-state index >= 15 is 0 Å². The highest BCUT2D eigenvalue weighted by molar-refractivity contribution is 6.30. The predicted octanol–water partition coefficient (Wildman–Crippen LogP) is 3.45. The molecule has 3 rings (SSSR count). The van der Waals surface area contributed by atoms with Gasteiger partial charge in [-0.25, -0.2) is 4.98 Å². The van der Waals surface area contributed by atoms with Gasteiger partial charge in [-0.15, -0.1) is 0 Å². The monoisotopic (exact) mass is 354 g/mol. The van der Waals surface area contributed by atoms with Gasteiger partial charge in [0.1, 0.15) is 12.0 Å². The van der Waals surface area contributed by atoms with Gasteiger partial charge in [-0.2, -0.15) is 0 Å². The van der Waals surface area contributed by atoms with Gasteiger partial charge in [-0.3, -0.25) is 9.36 Å². The van der Waals surface area contributed by atoms with E-state index in [4.69, 9.17) is 17.3 Å². The van der Waals surface area contributed by atoms with Crippen LogP contribution >= 0.6 is 11.6 Å². The lowest BCUT2D eigenvalue weighted by Gasteiger charge is -2.11. The van der Waals surface area contributed by atoms with Gasteiger partial charge in [0.2, 0.25) is 0 Å². The fourth-order valence-electron chi connectivity index (χ4n) is 2.55. The molecule has 0 atom stereocenters. The smallest absolute Gasteiger partial charge is 0.279 e. The summed E-state index contributed by atoms with van der Waals surface area (Å²) in [6, 6.07) is 15.4. The Labute approximate surface area is 151 Å². The average molecular weight is 355 g/mol. The van der Waals surface area contributed by atoms with Gasteiger partial charge in [-0.1, -0.05) is 53.6 Å². The van der Waals surface area contributed by atoms with Gasteiger partial charge in [-0.05, 0) is 30.2 Å². The van der Waals surface area contributed by atoms with E-state index in [1.54, 1.807) is 0 Å². The van der Waals surface area contributed by atoms with E-state index in [-0.39, 0.29) is 11.2 Å². The van der Waals surface area contributed by atoms with Crippen LogP contribution < -0.4 is 16.6 Å². The molecule has 0 radical (unpaired) electrons. The highest BCUT2D eigenvalue weighted by Gasteiger charge is 2.09. The summed E-state index contributed by atoms with van der Waals surface area (Å²) < 4.78 is 1.51. The van der Waals surface area contributed by atoms with E-state index in [2.05, 4.69) is 10.3 Å². The van der Waals surface area contributed by atoms with Gasteiger partial charge in [0.25, 0.3) is 5.56 Å². The van der Waals surface area contributed by atoms with Crippen molar-refractivity contribution in [2.75, 3.05) is 11.1 Å². The second kappa shape index (κ2) is 7.40. The number of aromatic nitrogens is 2. The van der Waals surface area contributed by atoms with Crippen molar-refractivity contribution in [1.29, 1.82) is 0 Å². The number of nitrogens with zero attached hydrogens (tertiary/aromatic N) is 2. The lowest BCUT2D eigenvalue weighted by atomic mass is 10.1. The Bertz CT molecular complexity index is 935. The minimum atomic E-state index is -0.255. The second-order valence-electron chi connectivity index (χ2n) is 5.91. The zero-order chi connectivity index (χ0) is 17.8. The first kappa shape index (κ1) is 17.0. The molecule has 0 aliphatic rings. The first-order valence-corrected chi connectivity index (χ1v) is 8.29. The molecule has 0 amide bonds. The van der Waals surface area contributed by atoms with Crippen molar-refractivity contribution < 1.29 is 0 Å². The number of nitrogen functional groups attached to an aromatic ring is 1. The lowest BCUT2D eigenvalue weighted by molar-refractivity contribution is 0.739. The summed E-state index contributed by atoms with van der Waals surface area (Å²) >= 11 is 5.87. The van der Waals surface area contributed by atoms with E-state index in [9.17, 15) is 4.79 Å². The third-order valence-corrected chi connectivity index (χ3v) is 4.13. The van der Waals surface area contributed by atoms with E-state index in [1.165, 1.54) is 10.9 Å². The molecular formula is C19H19ClN4O. The number of hydrogen-bond acceptors (Lipinski definition) is 4. The maximum atomic E-state index is 12.5. The van der Waals surface area contributed by atoms with Gasteiger partial charge in [0.15, 0.2) is 5.82 Å². The molecule has 0 spiro atoms. The Hall–Kier alpha value is -2.79. The summed E-state index contributed by atoms with van der Waals surface area (Å²) in [5.41, 5.74) is 9.04. The van der Waals surface area contributed by atoms with Crippen LogP contribution in [0.3, 0.4) is 0 Å². The lowest BCUT2D eigenvalue weighted by Crippen LogP contribution is -2.25. The van der Waals surface area contributed by atoms with Crippen molar-refractivity contribution in [2.24, 2.45) is 0 Å². The largest absolute Gasteiger partial charge is 0.391 e. The third kappa shape index (κ3) is 4.19. The zero-order valence-electron chi connectivity index (χ0n) is 13.9.